The maximum Gasteiger partial charge on any atom is 0.252 e. The van der Waals surface area contributed by atoms with Gasteiger partial charge in [-0.1, -0.05) is 219 Å². The highest BCUT2D eigenvalue weighted by atomic mass is 15.2. The van der Waals surface area contributed by atoms with Gasteiger partial charge in [0, 0.05) is 44.8 Å². The Balaban J connectivity index is 1.20. The summed E-state index contributed by atoms with van der Waals surface area (Å²) in [6, 6.07) is 64.6. The van der Waals surface area contributed by atoms with Crippen LogP contribution < -0.4 is 26.2 Å². The number of hydrogen-bond donors (Lipinski definition) is 0. The highest BCUT2D eigenvalue weighted by Crippen LogP contribution is 2.54. The van der Waals surface area contributed by atoms with Crippen molar-refractivity contribution in [2.24, 2.45) is 0 Å². The number of anilines is 6. The molecule has 0 saturated heterocycles. The van der Waals surface area contributed by atoms with Gasteiger partial charge >= 0.3 is 0 Å². The SMILES string of the molecule is Cc1cc2c3c(c1)N(c1ccc(C(C)(C)c4ccccc4)cc1-c1cccc(C(C)(C)C)c1)c1cc(C(C)(C)c4ccccc4)ccc1B3c1cc3c(cc1N2c1ccc2c(c1)C(C)(C)CCC2(C)C)C(C)(C)CCC3(C)C. The van der Waals surface area contributed by atoms with Gasteiger partial charge in [0.1, 0.15) is 0 Å². The second-order valence-electron chi connectivity index (χ2n) is 28.9. The lowest BCUT2D eigenvalue weighted by atomic mass is 9.33. The van der Waals surface area contributed by atoms with Crippen molar-refractivity contribution in [3.63, 3.8) is 0 Å². The van der Waals surface area contributed by atoms with Gasteiger partial charge in [-0.05, 0) is 186 Å². The third kappa shape index (κ3) is 8.26. The van der Waals surface area contributed by atoms with Crippen molar-refractivity contribution >= 4 is 57.2 Å². The van der Waals surface area contributed by atoms with Crippen LogP contribution in [0.25, 0.3) is 11.1 Å². The molecule has 0 atom stereocenters. The van der Waals surface area contributed by atoms with Crippen LogP contribution in [0.4, 0.5) is 34.1 Å². The summed E-state index contributed by atoms with van der Waals surface area (Å²) in [6.07, 6.45) is 4.69. The Labute approximate surface area is 469 Å². The minimum absolute atomic E-state index is 0.00918. The van der Waals surface area contributed by atoms with Crippen LogP contribution in [0, 0.1) is 6.92 Å². The summed E-state index contributed by atoms with van der Waals surface area (Å²) in [4.78, 5) is 5.41. The number of fused-ring (bicyclic) bond motifs is 6. The number of aryl methyl sites for hydroxylation is 1. The van der Waals surface area contributed by atoms with Gasteiger partial charge in [-0.15, -0.1) is 0 Å². The van der Waals surface area contributed by atoms with E-state index in [0.717, 1.165) is 12.8 Å². The van der Waals surface area contributed by atoms with Crippen molar-refractivity contribution in [3.05, 3.63) is 219 Å². The molecule has 0 radical (unpaired) electrons. The van der Waals surface area contributed by atoms with Crippen molar-refractivity contribution < 1.29 is 0 Å². The molecule has 2 nitrogen and oxygen atoms in total. The molecule has 78 heavy (non-hydrogen) atoms. The molecule has 2 aliphatic heterocycles. The summed E-state index contributed by atoms with van der Waals surface area (Å²) < 4.78 is 0. The summed E-state index contributed by atoms with van der Waals surface area (Å²) in [6.45, 7) is 38.8. The molecule has 0 unspecified atom stereocenters. The van der Waals surface area contributed by atoms with Gasteiger partial charge in [-0.2, -0.15) is 0 Å². The van der Waals surface area contributed by atoms with Gasteiger partial charge in [-0.25, -0.2) is 0 Å². The van der Waals surface area contributed by atoms with E-state index in [0.29, 0.717) is 0 Å². The minimum atomic E-state index is -0.266. The van der Waals surface area contributed by atoms with Crippen molar-refractivity contribution in [1.29, 1.82) is 0 Å². The van der Waals surface area contributed by atoms with Crippen molar-refractivity contribution in [1.82, 2.24) is 0 Å². The summed E-state index contributed by atoms with van der Waals surface area (Å²) >= 11 is 0. The summed E-state index contributed by atoms with van der Waals surface area (Å²) in [5, 5.41) is 0. The van der Waals surface area contributed by atoms with Crippen LogP contribution in [0.3, 0.4) is 0 Å². The lowest BCUT2D eigenvalue weighted by Crippen LogP contribution is -2.62. The van der Waals surface area contributed by atoms with E-state index >= 15 is 0 Å². The Morgan fingerprint density at radius 1 is 0.372 bits per heavy atom. The molecule has 8 aromatic rings. The highest BCUT2D eigenvalue weighted by Gasteiger charge is 2.48. The Kier molecular flexibility index (Phi) is 11.8. The molecule has 0 saturated carbocycles. The first-order chi connectivity index (χ1) is 36.7. The molecule has 0 amide bonds. The van der Waals surface area contributed by atoms with E-state index in [-0.39, 0.29) is 44.6 Å². The fourth-order valence-corrected chi connectivity index (χ4v) is 14.4. The highest BCUT2D eigenvalue weighted by molar-refractivity contribution is 7.00. The zero-order valence-corrected chi connectivity index (χ0v) is 49.9. The Bertz CT molecular complexity index is 3690. The Morgan fingerprint density at radius 3 is 1.46 bits per heavy atom. The predicted octanol–water partition coefficient (Wildman–Crippen LogP) is 18.4. The molecule has 396 valence electrons. The van der Waals surface area contributed by atoms with Gasteiger partial charge in [0.05, 0.1) is 5.69 Å². The molecule has 3 heteroatoms. The number of nitrogens with zero attached hydrogens (tertiary/aromatic N) is 2. The molecule has 0 fully saturated rings. The van der Waals surface area contributed by atoms with Crippen LogP contribution in [0.2, 0.25) is 0 Å². The lowest BCUT2D eigenvalue weighted by Gasteiger charge is -2.48. The van der Waals surface area contributed by atoms with E-state index in [1.165, 1.54) is 130 Å². The summed E-state index contributed by atoms with van der Waals surface area (Å²) in [7, 11) is 0. The molecule has 0 bridgehead atoms. The van der Waals surface area contributed by atoms with Crippen LogP contribution in [0.15, 0.2) is 164 Å². The fraction of sp³-hybridized carbons (Fsp3) is 0.360. The van der Waals surface area contributed by atoms with Crippen molar-refractivity contribution in [2.45, 2.75) is 174 Å². The van der Waals surface area contributed by atoms with Crippen LogP contribution in [0.1, 0.15) is 185 Å². The largest absolute Gasteiger partial charge is 0.311 e. The lowest BCUT2D eigenvalue weighted by molar-refractivity contribution is 0.332. The molecular formula is C75H83BN2. The summed E-state index contributed by atoms with van der Waals surface area (Å²) in [5.41, 5.74) is 27.6. The first-order valence-corrected chi connectivity index (χ1v) is 29.3. The maximum absolute atomic E-state index is 2.71. The van der Waals surface area contributed by atoms with E-state index in [1.807, 2.05) is 0 Å². The quantitative estimate of drug-likeness (QED) is 0.147. The Morgan fingerprint density at radius 2 is 0.872 bits per heavy atom. The Hall–Kier alpha value is -6.58. The van der Waals surface area contributed by atoms with Gasteiger partial charge < -0.3 is 9.80 Å². The molecule has 2 aliphatic carbocycles. The molecular weight excluding hydrogens is 940 g/mol. The monoisotopic (exact) mass is 1020 g/mol. The van der Waals surface area contributed by atoms with E-state index in [2.05, 4.69) is 284 Å². The third-order valence-corrected chi connectivity index (χ3v) is 20.0. The molecule has 8 aromatic carbocycles. The van der Waals surface area contributed by atoms with Gasteiger partial charge in [0.15, 0.2) is 0 Å². The van der Waals surface area contributed by atoms with Crippen molar-refractivity contribution in [3.8, 4) is 11.1 Å². The van der Waals surface area contributed by atoms with E-state index in [1.54, 1.807) is 0 Å². The standard InChI is InChI=1S/C75H83BN2/c1-48-40-66-68-67(41-48)78(63-35-31-53(74(13,14)50-25-19-17-20-26-50)43-56(63)49-24-23-29-52(42-49)69(2,3)4)64-44-54(75(15,16)51-27-21-18-22-28-51)30-34-61(64)76(68)62-46-59-60(73(11,12)39-38-72(59,9)10)47-65(62)77(66)55-32-33-57-58(45-55)71(7,8)37-36-70(57,5)6/h17-35,40-47H,36-39H2,1-16H3. The molecule has 12 rings (SSSR count). The molecule has 0 spiro atoms. The normalized spacial score (nSPS) is 17.6. The second kappa shape index (κ2) is 17.7. The van der Waals surface area contributed by atoms with Crippen LogP contribution in [-0.2, 0) is 37.9 Å². The average Bonchev–Trinajstić information content (AvgIpc) is 2.32. The minimum Gasteiger partial charge on any atom is -0.311 e. The van der Waals surface area contributed by atoms with E-state index in [9.17, 15) is 0 Å². The second-order valence-corrected chi connectivity index (χ2v) is 28.9. The van der Waals surface area contributed by atoms with E-state index in [4.69, 9.17) is 0 Å². The topological polar surface area (TPSA) is 6.48 Å². The molecule has 4 aliphatic rings. The fourth-order valence-electron chi connectivity index (χ4n) is 14.4. The first-order valence-electron chi connectivity index (χ1n) is 29.3. The number of rotatable bonds is 7. The predicted molar refractivity (Wildman–Crippen MR) is 337 cm³/mol. The van der Waals surface area contributed by atoms with E-state index < -0.39 is 0 Å². The maximum atomic E-state index is 2.71. The molecule has 0 aromatic heterocycles. The average molecular weight is 1020 g/mol. The summed E-state index contributed by atoms with van der Waals surface area (Å²) in [5.74, 6) is 0. The van der Waals surface area contributed by atoms with Crippen LogP contribution in [0.5, 0.6) is 0 Å². The zero-order valence-electron chi connectivity index (χ0n) is 49.9. The van der Waals surface area contributed by atoms with Crippen LogP contribution >= 0.6 is 0 Å². The number of benzene rings is 8. The zero-order chi connectivity index (χ0) is 55.3. The first kappa shape index (κ1) is 52.1. The molecule has 2 heterocycles. The van der Waals surface area contributed by atoms with Crippen LogP contribution in [-0.4, -0.2) is 6.71 Å². The number of hydrogen-bond acceptors (Lipinski definition) is 2. The third-order valence-electron chi connectivity index (χ3n) is 20.0. The van der Waals surface area contributed by atoms with Gasteiger partial charge in [0.2, 0.25) is 0 Å². The van der Waals surface area contributed by atoms with Gasteiger partial charge in [-0.3, -0.25) is 0 Å². The van der Waals surface area contributed by atoms with Crippen molar-refractivity contribution in [2.75, 3.05) is 9.80 Å². The molecule has 0 N–H and O–H groups in total. The van der Waals surface area contributed by atoms with Gasteiger partial charge in [0.25, 0.3) is 6.71 Å². The smallest absolute Gasteiger partial charge is 0.252 e.